The lowest BCUT2D eigenvalue weighted by atomic mass is 10.1. The van der Waals surface area contributed by atoms with E-state index in [4.69, 9.17) is 0 Å². The monoisotopic (exact) mass is 157 g/mol. The maximum atomic E-state index is 11.7. The molecule has 60 valence electrons. The van der Waals surface area contributed by atoms with E-state index in [1.54, 1.807) is 12.1 Å². The number of hydrogen-bond donors (Lipinski definition) is 0. The predicted octanol–water partition coefficient (Wildman–Crippen LogP) is 2.57. The molecule has 0 amide bonds. The van der Waals surface area contributed by atoms with Crippen LogP contribution in [0.1, 0.15) is 11.1 Å². The molecule has 0 saturated heterocycles. The van der Waals surface area contributed by atoms with Crippen LogP contribution in [0.3, 0.4) is 0 Å². The first-order valence-electron chi connectivity index (χ1n) is 3.34. The fourth-order valence-electron chi connectivity index (χ4n) is 0.916. The lowest BCUT2D eigenvalue weighted by Gasteiger charge is -2.03. The van der Waals surface area contributed by atoms with Gasteiger partial charge >= 0.3 is 0 Å². The molecule has 0 fully saturated rings. The molecule has 0 aliphatic carbocycles. The smallest absolute Gasteiger partial charge is 0.0872 e. The summed E-state index contributed by atoms with van der Waals surface area (Å²) in [5.74, 6) is 0. The van der Waals surface area contributed by atoms with Crippen molar-refractivity contribution in [2.45, 2.75) is 13.5 Å². The fraction of sp³-hybridized carbons (Fsp3) is 0.250. The van der Waals surface area contributed by atoms with Crippen LogP contribution in [0.15, 0.2) is 24.3 Å². The van der Waals surface area contributed by atoms with Crippen molar-refractivity contribution in [2.24, 2.45) is 0 Å². The van der Waals surface area contributed by atoms with Crippen molar-refractivity contribution in [1.29, 1.82) is 0 Å². The van der Waals surface area contributed by atoms with Gasteiger partial charge in [-0.25, -0.2) is 0 Å². The molecule has 0 bridgehead atoms. The minimum Gasteiger partial charge on any atom is -0.101 e. The standard InChI is InChI=1S/C8H9F2N/c1-7-4-2-3-5-8(7)6-11(9)10/h2-5H,6H2,1H3. The van der Waals surface area contributed by atoms with Crippen LogP contribution in [-0.2, 0) is 6.54 Å². The maximum Gasteiger partial charge on any atom is 0.0872 e. The Morgan fingerprint density at radius 1 is 1.27 bits per heavy atom. The Bertz CT molecular complexity index is 235. The molecule has 1 aromatic carbocycles. The van der Waals surface area contributed by atoms with E-state index >= 15 is 0 Å². The van der Waals surface area contributed by atoms with Crippen molar-refractivity contribution in [3.8, 4) is 0 Å². The van der Waals surface area contributed by atoms with Crippen LogP contribution >= 0.6 is 0 Å². The van der Waals surface area contributed by atoms with E-state index in [0.29, 0.717) is 5.56 Å². The molecule has 0 N–H and O–H groups in total. The first kappa shape index (κ1) is 8.14. The van der Waals surface area contributed by atoms with Crippen molar-refractivity contribution in [2.75, 3.05) is 0 Å². The summed E-state index contributed by atoms with van der Waals surface area (Å²) in [4.78, 5) is 0. The molecular formula is C8H9F2N. The Hall–Kier alpha value is -0.960. The summed E-state index contributed by atoms with van der Waals surface area (Å²) in [5, 5.41) is -0.817. The van der Waals surface area contributed by atoms with E-state index in [9.17, 15) is 8.96 Å². The number of nitrogens with zero attached hydrogens (tertiary/aromatic N) is 1. The van der Waals surface area contributed by atoms with Gasteiger partial charge in [-0.1, -0.05) is 24.3 Å². The molecule has 0 unspecified atom stereocenters. The van der Waals surface area contributed by atoms with Gasteiger partial charge in [0.25, 0.3) is 0 Å². The van der Waals surface area contributed by atoms with Crippen LogP contribution in [0.4, 0.5) is 8.96 Å². The van der Waals surface area contributed by atoms with Crippen LogP contribution in [-0.4, -0.2) is 5.34 Å². The van der Waals surface area contributed by atoms with E-state index in [1.165, 1.54) is 0 Å². The molecule has 0 spiro atoms. The van der Waals surface area contributed by atoms with Gasteiger partial charge in [0.15, 0.2) is 0 Å². The lowest BCUT2D eigenvalue weighted by Crippen LogP contribution is -2.01. The Labute approximate surface area is 64.1 Å². The summed E-state index contributed by atoms with van der Waals surface area (Å²) in [6, 6.07) is 7.10. The highest BCUT2D eigenvalue weighted by Crippen LogP contribution is 2.10. The fourth-order valence-corrected chi connectivity index (χ4v) is 0.916. The zero-order chi connectivity index (χ0) is 8.27. The van der Waals surface area contributed by atoms with Gasteiger partial charge < -0.3 is 0 Å². The maximum absolute atomic E-state index is 11.7. The molecule has 0 aliphatic heterocycles. The third kappa shape index (κ3) is 2.27. The molecule has 0 radical (unpaired) electrons. The highest BCUT2D eigenvalue weighted by atomic mass is 19.4. The summed E-state index contributed by atoms with van der Waals surface area (Å²) >= 11 is 0. The Balaban J connectivity index is 2.78. The molecule has 0 aromatic heterocycles. The van der Waals surface area contributed by atoms with E-state index in [-0.39, 0.29) is 6.54 Å². The average Bonchev–Trinajstić information content (AvgIpc) is 1.93. The van der Waals surface area contributed by atoms with Gasteiger partial charge in [-0.2, -0.15) is 0 Å². The molecular weight excluding hydrogens is 148 g/mol. The number of benzene rings is 1. The summed E-state index contributed by atoms with van der Waals surface area (Å²) < 4.78 is 23.5. The van der Waals surface area contributed by atoms with Crippen molar-refractivity contribution >= 4 is 0 Å². The largest absolute Gasteiger partial charge is 0.101 e. The Morgan fingerprint density at radius 2 is 1.91 bits per heavy atom. The summed E-state index contributed by atoms with van der Waals surface area (Å²) in [7, 11) is 0. The van der Waals surface area contributed by atoms with Gasteiger partial charge in [0, 0.05) is 5.34 Å². The Morgan fingerprint density at radius 3 is 2.45 bits per heavy atom. The van der Waals surface area contributed by atoms with Crippen LogP contribution in [0.5, 0.6) is 0 Å². The molecule has 0 saturated carbocycles. The van der Waals surface area contributed by atoms with Gasteiger partial charge in [0.1, 0.15) is 0 Å². The molecule has 3 heteroatoms. The average molecular weight is 157 g/mol. The van der Waals surface area contributed by atoms with E-state index in [2.05, 4.69) is 0 Å². The van der Waals surface area contributed by atoms with Crippen LogP contribution in [0.2, 0.25) is 0 Å². The van der Waals surface area contributed by atoms with Crippen molar-refractivity contribution in [3.63, 3.8) is 0 Å². The van der Waals surface area contributed by atoms with Crippen LogP contribution < -0.4 is 0 Å². The second-order valence-corrected chi connectivity index (χ2v) is 2.39. The number of hydrogen-bond acceptors (Lipinski definition) is 1. The van der Waals surface area contributed by atoms with Crippen molar-refractivity contribution < 1.29 is 8.96 Å². The first-order valence-corrected chi connectivity index (χ1v) is 3.34. The first-order chi connectivity index (χ1) is 5.20. The second-order valence-electron chi connectivity index (χ2n) is 2.39. The molecule has 0 atom stereocenters. The summed E-state index contributed by atoms with van der Waals surface area (Å²) in [5.41, 5.74) is 1.56. The zero-order valence-corrected chi connectivity index (χ0v) is 6.22. The number of rotatable bonds is 2. The van der Waals surface area contributed by atoms with Gasteiger partial charge in [-0.3, -0.25) is 0 Å². The minimum absolute atomic E-state index is 0.299. The van der Waals surface area contributed by atoms with Crippen molar-refractivity contribution in [3.05, 3.63) is 35.4 Å². The normalized spacial score (nSPS) is 10.5. The van der Waals surface area contributed by atoms with E-state index in [1.807, 2.05) is 19.1 Å². The van der Waals surface area contributed by atoms with Crippen LogP contribution in [0, 0.1) is 6.92 Å². The van der Waals surface area contributed by atoms with Gasteiger partial charge in [0.05, 0.1) is 6.54 Å². The topological polar surface area (TPSA) is 3.24 Å². The Kier molecular flexibility index (Phi) is 2.54. The third-order valence-electron chi connectivity index (χ3n) is 1.55. The number of aryl methyl sites for hydroxylation is 1. The van der Waals surface area contributed by atoms with Crippen LogP contribution in [0.25, 0.3) is 0 Å². The highest BCUT2D eigenvalue weighted by molar-refractivity contribution is 5.24. The molecule has 1 rings (SSSR count). The molecule has 0 aliphatic rings. The second kappa shape index (κ2) is 3.44. The van der Waals surface area contributed by atoms with Gasteiger partial charge in [-0.15, -0.1) is 8.96 Å². The predicted molar refractivity (Wildman–Crippen MR) is 38.9 cm³/mol. The molecule has 0 heterocycles. The summed E-state index contributed by atoms with van der Waals surface area (Å²) in [6.45, 7) is 1.52. The van der Waals surface area contributed by atoms with Gasteiger partial charge in [0.2, 0.25) is 0 Å². The third-order valence-corrected chi connectivity index (χ3v) is 1.55. The van der Waals surface area contributed by atoms with Crippen molar-refractivity contribution in [1.82, 2.24) is 5.34 Å². The molecule has 11 heavy (non-hydrogen) atoms. The quantitative estimate of drug-likeness (QED) is 0.596. The molecule has 1 aromatic rings. The zero-order valence-electron chi connectivity index (χ0n) is 6.22. The summed E-state index contributed by atoms with van der Waals surface area (Å²) in [6.07, 6.45) is 0. The van der Waals surface area contributed by atoms with Gasteiger partial charge in [-0.05, 0) is 18.1 Å². The van der Waals surface area contributed by atoms with E-state index in [0.717, 1.165) is 5.56 Å². The highest BCUT2D eigenvalue weighted by Gasteiger charge is 2.02. The SMILES string of the molecule is Cc1ccccc1CN(F)F. The van der Waals surface area contributed by atoms with E-state index < -0.39 is 5.34 Å². The lowest BCUT2D eigenvalue weighted by molar-refractivity contribution is -0.161. The number of halogens is 2. The minimum atomic E-state index is -0.817. The molecule has 1 nitrogen and oxygen atoms in total.